The van der Waals surface area contributed by atoms with Gasteiger partial charge in [-0.25, -0.2) is 8.42 Å². The number of hydrogen-bond donors (Lipinski definition) is 1. The molecule has 7 nitrogen and oxygen atoms in total. The number of hydrogen-bond acceptors (Lipinski definition) is 6. The molecule has 0 amide bonds. The molecule has 0 atom stereocenters. The summed E-state index contributed by atoms with van der Waals surface area (Å²) in [5.74, 6) is -0.581. The lowest BCUT2D eigenvalue weighted by atomic mass is 10.3. The van der Waals surface area contributed by atoms with Crippen LogP contribution in [0.4, 0.5) is 0 Å². The van der Waals surface area contributed by atoms with E-state index in [1.165, 1.54) is 14.2 Å². The summed E-state index contributed by atoms with van der Waals surface area (Å²) in [5.41, 5.74) is 0. The summed E-state index contributed by atoms with van der Waals surface area (Å²) in [6.45, 7) is 0.234. The van der Waals surface area contributed by atoms with Crippen molar-refractivity contribution < 1.29 is 27.8 Å². The van der Waals surface area contributed by atoms with Crippen LogP contribution < -0.4 is 0 Å². The van der Waals surface area contributed by atoms with Crippen LogP contribution in [-0.4, -0.2) is 70.1 Å². The Morgan fingerprint density at radius 3 is 2.44 bits per heavy atom. The molecule has 0 bridgehead atoms. The maximum absolute atomic E-state index is 11.9. The average Bonchev–Trinajstić information content (AvgIpc) is 2.33. The molecule has 0 fully saturated rings. The Balaban J connectivity index is 4.31. The van der Waals surface area contributed by atoms with E-state index in [1.54, 1.807) is 0 Å². The fourth-order valence-corrected chi connectivity index (χ4v) is 2.80. The summed E-state index contributed by atoms with van der Waals surface area (Å²) in [6.07, 6.45) is 0.261. The van der Waals surface area contributed by atoms with E-state index in [-0.39, 0.29) is 44.9 Å². The fraction of sp³-hybridized carbons (Fsp3) is 0.900. The topological polar surface area (TPSA) is 93.1 Å². The predicted octanol–water partition coefficient (Wildman–Crippen LogP) is -0.790. The molecule has 0 aliphatic rings. The summed E-state index contributed by atoms with van der Waals surface area (Å²) >= 11 is 0. The number of nitrogens with zero attached hydrogens (tertiary/aromatic N) is 1. The van der Waals surface area contributed by atoms with E-state index >= 15 is 0 Å². The zero-order valence-corrected chi connectivity index (χ0v) is 11.6. The molecular weight excluding hydrogens is 262 g/mol. The van der Waals surface area contributed by atoms with E-state index in [2.05, 4.69) is 4.74 Å². The Bertz CT molecular complexity index is 329. The second-order valence-corrected chi connectivity index (χ2v) is 5.70. The van der Waals surface area contributed by atoms with Crippen molar-refractivity contribution in [3.63, 3.8) is 0 Å². The van der Waals surface area contributed by atoms with Crippen molar-refractivity contribution in [1.82, 2.24) is 4.31 Å². The first-order valence-corrected chi connectivity index (χ1v) is 7.23. The minimum atomic E-state index is -3.48. The van der Waals surface area contributed by atoms with Crippen LogP contribution in [0.5, 0.6) is 0 Å². The highest BCUT2D eigenvalue weighted by Gasteiger charge is 2.21. The quantitative estimate of drug-likeness (QED) is 0.528. The van der Waals surface area contributed by atoms with Gasteiger partial charge in [0.2, 0.25) is 10.0 Å². The molecule has 0 heterocycles. The first kappa shape index (κ1) is 17.3. The highest BCUT2D eigenvalue weighted by Crippen LogP contribution is 2.05. The maximum Gasteiger partial charge on any atom is 0.305 e. The van der Waals surface area contributed by atoms with Gasteiger partial charge in [-0.2, -0.15) is 4.31 Å². The second kappa shape index (κ2) is 9.26. The number of methoxy groups -OCH3 is 2. The van der Waals surface area contributed by atoms with Gasteiger partial charge >= 0.3 is 5.97 Å². The summed E-state index contributed by atoms with van der Waals surface area (Å²) < 4.78 is 34.2. The van der Waals surface area contributed by atoms with Gasteiger partial charge in [0, 0.05) is 26.6 Å². The van der Waals surface area contributed by atoms with Gasteiger partial charge in [-0.3, -0.25) is 4.79 Å². The van der Waals surface area contributed by atoms with E-state index in [4.69, 9.17) is 9.84 Å². The molecule has 0 spiro atoms. The molecule has 0 aromatic heterocycles. The first-order chi connectivity index (χ1) is 8.47. The zero-order chi connectivity index (χ0) is 14.0. The maximum atomic E-state index is 11.9. The van der Waals surface area contributed by atoms with Crippen molar-refractivity contribution in [3.05, 3.63) is 0 Å². The molecule has 0 aliphatic heterocycles. The predicted molar refractivity (Wildman–Crippen MR) is 65.6 cm³/mol. The normalized spacial score (nSPS) is 11.8. The Morgan fingerprint density at radius 2 is 1.94 bits per heavy atom. The largest absolute Gasteiger partial charge is 0.469 e. The number of aliphatic hydroxyl groups is 1. The van der Waals surface area contributed by atoms with E-state index in [0.29, 0.717) is 0 Å². The number of rotatable bonds is 10. The smallest absolute Gasteiger partial charge is 0.305 e. The molecule has 0 saturated carbocycles. The van der Waals surface area contributed by atoms with Gasteiger partial charge in [-0.15, -0.1) is 0 Å². The van der Waals surface area contributed by atoms with Gasteiger partial charge in [0.1, 0.15) is 0 Å². The molecule has 0 unspecified atom stereocenters. The molecule has 18 heavy (non-hydrogen) atoms. The van der Waals surface area contributed by atoms with Crippen LogP contribution in [0.2, 0.25) is 0 Å². The molecule has 0 saturated heterocycles. The van der Waals surface area contributed by atoms with Crippen molar-refractivity contribution >= 4 is 16.0 Å². The lowest BCUT2D eigenvalue weighted by Crippen LogP contribution is -2.37. The SMILES string of the molecule is COCCN(CCO)S(=O)(=O)CCCC(=O)OC. The summed E-state index contributed by atoms with van der Waals surface area (Å²) in [6, 6.07) is 0. The van der Waals surface area contributed by atoms with Crippen LogP contribution in [0, 0.1) is 0 Å². The third-order valence-corrected chi connectivity index (χ3v) is 4.25. The molecule has 0 aliphatic carbocycles. The monoisotopic (exact) mass is 283 g/mol. The lowest BCUT2D eigenvalue weighted by Gasteiger charge is -2.20. The van der Waals surface area contributed by atoms with Crippen molar-refractivity contribution in [3.8, 4) is 0 Å². The lowest BCUT2D eigenvalue weighted by molar-refractivity contribution is -0.140. The van der Waals surface area contributed by atoms with Gasteiger partial charge in [0.25, 0.3) is 0 Å². The van der Waals surface area contributed by atoms with Crippen molar-refractivity contribution in [2.24, 2.45) is 0 Å². The molecule has 8 heteroatoms. The van der Waals surface area contributed by atoms with Crippen molar-refractivity contribution in [2.45, 2.75) is 12.8 Å². The number of sulfonamides is 1. The Kier molecular flexibility index (Phi) is 8.90. The molecule has 108 valence electrons. The van der Waals surface area contributed by atoms with E-state index in [1.807, 2.05) is 0 Å². The minimum Gasteiger partial charge on any atom is -0.469 e. The van der Waals surface area contributed by atoms with Crippen molar-refractivity contribution in [2.75, 3.05) is 46.3 Å². The highest BCUT2D eigenvalue weighted by molar-refractivity contribution is 7.89. The van der Waals surface area contributed by atoms with Gasteiger partial charge in [0.05, 0.1) is 26.1 Å². The molecule has 0 aromatic rings. The minimum absolute atomic E-state index is 0.0317. The standard InChI is InChI=1S/C10H21NO6S/c1-16-8-6-11(5-7-12)18(14,15)9-3-4-10(13)17-2/h12H,3-9H2,1-2H3. The molecule has 1 N–H and O–H groups in total. The molecular formula is C10H21NO6S. The molecule has 0 aromatic carbocycles. The van der Waals surface area contributed by atoms with Gasteiger partial charge in [-0.05, 0) is 6.42 Å². The van der Waals surface area contributed by atoms with E-state index in [0.717, 1.165) is 4.31 Å². The second-order valence-electron chi connectivity index (χ2n) is 3.61. The fourth-order valence-electron chi connectivity index (χ4n) is 1.32. The number of esters is 1. The van der Waals surface area contributed by atoms with Crippen LogP contribution in [0.25, 0.3) is 0 Å². The first-order valence-electron chi connectivity index (χ1n) is 5.62. The van der Waals surface area contributed by atoms with Crippen molar-refractivity contribution in [1.29, 1.82) is 0 Å². The summed E-state index contributed by atoms with van der Waals surface area (Å²) in [4.78, 5) is 10.9. The van der Waals surface area contributed by atoms with Gasteiger partial charge in [-0.1, -0.05) is 0 Å². The molecule has 0 radical (unpaired) electrons. The summed E-state index contributed by atoms with van der Waals surface area (Å²) in [5, 5.41) is 8.83. The number of carbonyl (C=O) groups is 1. The van der Waals surface area contributed by atoms with E-state index < -0.39 is 16.0 Å². The number of carbonyl (C=O) groups excluding carboxylic acids is 1. The third kappa shape index (κ3) is 6.90. The zero-order valence-electron chi connectivity index (χ0n) is 10.8. The average molecular weight is 283 g/mol. The van der Waals surface area contributed by atoms with Gasteiger partial charge in [0.15, 0.2) is 0 Å². The van der Waals surface area contributed by atoms with Crippen LogP contribution in [0.1, 0.15) is 12.8 Å². The van der Waals surface area contributed by atoms with Crippen LogP contribution >= 0.6 is 0 Å². The van der Waals surface area contributed by atoms with Crippen LogP contribution in [0.15, 0.2) is 0 Å². The highest BCUT2D eigenvalue weighted by atomic mass is 32.2. The summed E-state index contributed by atoms with van der Waals surface area (Å²) in [7, 11) is -0.744. The Hall–Kier alpha value is -0.700. The van der Waals surface area contributed by atoms with Gasteiger partial charge < -0.3 is 14.6 Å². The Morgan fingerprint density at radius 1 is 1.28 bits per heavy atom. The molecule has 0 rings (SSSR count). The van der Waals surface area contributed by atoms with Crippen LogP contribution in [0.3, 0.4) is 0 Å². The van der Waals surface area contributed by atoms with Crippen LogP contribution in [-0.2, 0) is 24.3 Å². The third-order valence-electron chi connectivity index (χ3n) is 2.30. The van der Waals surface area contributed by atoms with E-state index in [9.17, 15) is 13.2 Å². The number of ether oxygens (including phenoxy) is 2. The Labute approximate surface area is 108 Å². The number of aliphatic hydroxyl groups excluding tert-OH is 1.